The summed E-state index contributed by atoms with van der Waals surface area (Å²) in [6, 6.07) is 12.7. The molecule has 0 radical (unpaired) electrons. The first kappa shape index (κ1) is 16.3. The third-order valence-electron chi connectivity index (χ3n) is 2.93. The fraction of sp³-hybridized carbons (Fsp3) is 0.188. The van der Waals surface area contributed by atoms with Crippen LogP contribution in [0, 0.1) is 5.82 Å². The second kappa shape index (κ2) is 7.79. The molecule has 0 saturated carbocycles. The van der Waals surface area contributed by atoms with Crippen LogP contribution in [0.4, 0.5) is 10.1 Å². The summed E-state index contributed by atoms with van der Waals surface area (Å²) in [5.41, 5.74) is 1.08. The van der Waals surface area contributed by atoms with Crippen molar-refractivity contribution in [1.82, 2.24) is 0 Å². The first-order valence-corrected chi connectivity index (χ1v) is 7.36. The molecule has 0 unspecified atom stereocenters. The Kier molecular flexibility index (Phi) is 5.77. The third kappa shape index (κ3) is 4.21. The quantitative estimate of drug-likeness (QED) is 0.789. The first-order valence-electron chi connectivity index (χ1n) is 6.57. The van der Waals surface area contributed by atoms with Crippen molar-refractivity contribution in [3.05, 3.63) is 58.3 Å². The zero-order valence-corrected chi connectivity index (χ0v) is 13.5. The van der Waals surface area contributed by atoms with Crippen LogP contribution in [-0.4, -0.2) is 19.6 Å². The van der Waals surface area contributed by atoms with E-state index in [1.807, 2.05) is 30.3 Å². The number of carbonyl (C=O) groups is 1. The molecule has 2 aromatic carbocycles. The Hall–Kier alpha value is -2.08. The number of benzene rings is 2. The summed E-state index contributed by atoms with van der Waals surface area (Å²) in [4.78, 5) is 11.2. The molecule has 2 aromatic rings. The van der Waals surface area contributed by atoms with Crippen LogP contribution in [0.2, 0.25) is 0 Å². The SMILES string of the molecule is COC(=O)CNc1c(OCc2ccccc2)ccc(Br)c1F. The predicted molar refractivity (Wildman–Crippen MR) is 85.4 cm³/mol. The molecule has 0 bridgehead atoms. The number of esters is 1. The fourth-order valence-electron chi connectivity index (χ4n) is 1.79. The van der Waals surface area contributed by atoms with Crippen LogP contribution in [0.3, 0.4) is 0 Å². The largest absolute Gasteiger partial charge is 0.487 e. The molecule has 22 heavy (non-hydrogen) atoms. The molecule has 0 saturated heterocycles. The third-order valence-corrected chi connectivity index (χ3v) is 3.54. The van der Waals surface area contributed by atoms with Gasteiger partial charge in [-0.1, -0.05) is 30.3 Å². The van der Waals surface area contributed by atoms with Crippen molar-refractivity contribution in [3.63, 3.8) is 0 Å². The maximum atomic E-state index is 14.2. The number of carbonyl (C=O) groups excluding carboxylic acids is 1. The van der Waals surface area contributed by atoms with Gasteiger partial charge in [0.05, 0.1) is 11.6 Å². The maximum absolute atomic E-state index is 14.2. The minimum atomic E-state index is -0.519. The highest BCUT2D eigenvalue weighted by molar-refractivity contribution is 9.10. The summed E-state index contributed by atoms with van der Waals surface area (Å²) in [5.74, 6) is -0.684. The van der Waals surface area contributed by atoms with E-state index in [0.29, 0.717) is 12.4 Å². The van der Waals surface area contributed by atoms with Gasteiger partial charge in [0.2, 0.25) is 0 Å². The van der Waals surface area contributed by atoms with Gasteiger partial charge in [0.25, 0.3) is 0 Å². The highest BCUT2D eigenvalue weighted by Crippen LogP contribution is 2.33. The van der Waals surface area contributed by atoms with Crippen molar-refractivity contribution < 1.29 is 18.7 Å². The molecule has 0 aliphatic rings. The molecule has 0 spiro atoms. The minimum absolute atomic E-state index is 0.121. The van der Waals surface area contributed by atoms with Gasteiger partial charge >= 0.3 is 5.97 Å². The molecular formula is C16H15BrFNO3. The molecule has 0 amide bonds. The van der Waals surface area contributed by atoms with Gasteiger partial charge in [-0.3, -0.25) is 4.79 Å². The van der Waals surface area contributed by atoms with Gasteiger partial charge in [0.1, 0.15) is 24.6 Å². The van der Waals surface area contributed by atoms with Gasteiger partial charge in [0.15, 0.2) is 5.82 Å². The van der Waals surface area contributed by atoms with Gasteiger partial charge in [-0.15, -0.1) is 0 Å². The smallest absolute Gasteiger partial charge is 0.325 e. The number of nitrogens with one attached hydrogen (secondary N) is 1. The molecule has 0 aliphatic heterocycles. The molecule has 0 aliphatic carbocycles. The Morgan fingerprint density at radius 1 is 1.23 bits per heavy atom. The van der Waals surface area contributed by atoms with Crippen molar-refractivity contribution >= 4 is 27.6 Å². The second-order valence-electron chi connectivity index (χ2n) is 4.44. The normalized spacial score (nSPS) is 10.1. The standard InChI is InChI=1S/C16H15BrFNO3/c1-21-14(20)9-19-16-13(8-7-12(17)15(16)18)22-10-11-5-3-2-4-6-11/h2-8,19H,9-10H2,1H3. The zero-order chi connectivity index (χ0) is 15.9. The lowest BCUT2D eigenvalue weighted by Crippen LogP contribution is -2.16. The second-order valence-corrected chi connectivity index (χ2v) is 5.29. The molecular weight excluding hydrogens is 353 g/mol. The first-order chi connectivity index (χ1) is 10.6. The van der Waals surface area contributed by atoms with Gasteiger partial charge < -0.3 is 14.8 Å². The molecule has 6 heteroatoms. The van der Waals surface area contributed by atoms with Gasteiger partial charge in [-0.25, -0.2) is 4.39 Å². The number of hydrogen-bond acceptors (Lipinski definition) is 4. The van der Waals surface area contributed by atoms with E-state index >= 15 is 0 Å². The van der Waals surface area contributed by atoms with Crippen molar-refractivity contribution in [2.45, 2.75) is 6.61 Å². The monoisotopic (exact) mass is 367 g/mol. The van der Waals surface area contributed by atoms with Crippen LogP contribution in [0.25, 0.3) is 0 Å². The molecule has 1 N–H and O–H groups in total. The van der Waals surface area contributed by atoms with Crippen molar-refractivity contribution in [2.24, 2.45) is 0 Å². The zero-order valence-electron chi connectivity index (χ0n) is 11.9. The van der Waals surface area contributed by atoms with E-state index in [4.69, 9.17) is 4.74 Å². The van der Waals surface area contributed by atoms with Gasteiger partial charge in [0, 0.05) is 0 Å². The average Bonchev–Trinajstić information content (AvgIpc) is 2.55. The molecule has 116 valence electrons. The summed E-state index contributed by atoms with van der Waals surface area (Å²) in [7, 11) is 1.27. The Morgan fingerprint density at radius 3 is 2.64 bits per heavy atom. The Balaban J connectivity index is 2.15. The van der Waals surface area contributed by atoms with Gasteiger partial charge in [-0.2, -0.15) is 0 Å². The number of ether oxygens (including phenoxy) is 2. The number of halogens is 2. The molecule has 0 aromatic heterocycles. The van der Waals surface area contributed by atoms with E-state index in [0.717, 1.165) is 5.56 Å². The number of hydrogen-bond donors (Lipinski definition) is 1. The summed E-state index contributed by atoms with van der Waals surface area (Å²) >= 11 is 3.11. The predicted octanol–water partition coefficient (Wildman–Crippen LogP) is 3.75. The number of anilines is 1. The van der Waals surface area contributed by atoms with E-state index < -0.39 is 11.8 Å². The molecule has 2 rings (SSSR count). The van der Waals surface area contributed by atoms with E-state index in [2.05, 4.69) is 26.0 Å². The van der Waals surface area contributed by atoms with E-state index in [9.17, 15) is 9.18 Å². The summed E-state index contributed by atoms with van der Waals surface area (Å²) in [5, 5.41) is 2.70. The highest BCUT2D eigenvalue weighted by atomic mass is 79.9. The van der Waals surface area contributed by atoms with E-state index in [-0.39, 0.29) is 16.7 Å². The molecule has 4 nitrogen and oxygen atoms in total. The van der Waals surface area contributed by atoms with Crippen LogP contribution in [-0.2, 0) is 16.1 Å². The van der Waals surface area contributed by atoms with Crippen molar-refractivity contribution in [3.8, 4) is 5.75 Å². The Bertz CT molecular complexity index is 649. The van der Waals surface area contributed by atoms with E-state index in [1.54, 1.807) is 12.1 Å². The summed E-state index contributed by atoms with van der Waals surface area (Å²) in [6.45, 7) is 0.153. The van der Waals surface area contributed by atoms with Crippen molar-refractivity contribution in [1.29, 1.82) is 0 Å². The molecule has 0 atom stereocenters. The number of methoxy groups -OCH3 is 1. The maximum Gasteiger partial charge on any atom is 0.325 e. The topological polar surface area (TPSA) is 47.6 Å². The molecule has 0 fully saturated rings. The van der Waals surface area contributed by atoms with Crippen LogP contribution < -0.4 is 10.1 Å². The lowest BCUT2D eigenvalue weighted by Gasteiger charge is -2.14. The van der Waals surface area contributed by atoms with Crippen LogP contribution in [0.1, 0.15) is 5.56 Å². The van der Waals surface area contributed by atoms with Crippen molar-refractivity contribution in [2.75, 3.05) is 19.0 Å². The minimum Gasteiger partial charge on any atom is -0.487 e. The summed E-state index contributed by atoms with van der Waals surface area (Å²) < 4.78 is 24.7. The fourth-order valence-corrected chi connectivity index (χ4v) is 2.12. The summed E-state index contributed by atoms with van der Waals surface area (Å²) in [6.07, 6.45) is 0. The van der Waals surface area contributed by atoms with Crippen LogP contribution in [0.5, 0.6) is 5.75 Å². The highest BCUT2D eigenvalue weighted by Gasteiger charge is 2.14. The van der Waals surface area contributed by atoms with E-state index in [1.165, 1.54) is 7.11 Å². The Labute approximate surface area is 136 Å². The Morgan fingerprint density at radius 2 is 1.95 bits per heavy atom. The van der Waals surface area contributed by atoms with Crippen LogP contribution >= 0.6 is 15.9 Å². The lowest BCUT2D eigenvalue weighted by molar-refractivity contribution is -0.138. The number of rotatable bonds is 6. The molecule has 0 heterocycles. The van der Waals surface area contributed by atoms with Crippen LogP contribution in [0.15, 0.2) is 46.9 Å². The van der Waals surface area contributed by atoms with Gasteiger partial charge in [-0.05, 0) is 33.6 Å². The lowest BCUT2D eigenvalue weighted by atomic mass is 10.2. The average molecular weight is 368 g/mol.